The molecular weight excluding hydrogens is 210 g/mol. The molecular formula is C11H13NO4. The maximum Gasteiger partial charge on any atom is 0.337 e. The van der Waals surface area contributed by atoms with Gasteiger partial charge in [0.05, 0.1) is 5.56 Å². The minimum atomic E-state index is -0.999. The highest BCUT2D eigenvalue weighted by Crippen LogP contribution is 2.14. The van der Waals surface area contributed by atoms with Gasteiger partial charge in [-0.05, 0) is 18.6 Å². The first kappa shape index (κ1) is 12.0. The van der Waals surface area contributed by atoms with E-state index in [-0.39, 0.29) is 12.0 Å². The van der Waals surface area contributed by atoms with Crippen LogP contribution in [-0.2, 0) is 4.79 Å². The highest BCUT2D eigenvalue weighted by molar-refractivity contribution is 5.94. The van der Waals surface area contributed by atoms with Crippen LogP contribution in [-0.4, -0.2) is 28.7 Å². The molecule has 0 spiro atoms. The fourth-order valence-electron chi connectivity index (χ4n) is 1.29. The SMILES string of the molecule is O=C(O)CCCNc1ccccc1C(=O)O. The van der Waals surface area contributed by atoms with Gasteiger partial charge in [-0.3, -0.25) is 4.79 Å². The zero-order chi connectivity index (χ0) is 12.0. The largest absolute Gasteiger partial charge is 0.481 e. The van der Waals surface area contributed by atoms with Gasteiger partial charge in [-0.2, -0.15) is 0 Å². The van der Waals surface area contributed by atoms with Crippen molar-refractivity contribution in [2.75, 3.05) is 11.9 Å². The quantitative estimate of drug-likeness (QED) is 0.638. The number of para-hydroxylation sites is 1. The Kier molecular flexibility index (Phi) is 4.32. The van der Waals surface area contributed by atoms with Crippen LogP contribution < -0.4 is 5.32 Å². The van der Waals surface area contributed by atoms with Crippen LogP contribution in [0.4, 0.5) is 5.69 Å². The van der Waals surface area contributed by atoms with Crippen LogP contribution in [0.25, 0.3) is 0 Å². The molecule has 1 aromatic carbocycles. The van der Waals surface area contributed by atoms with Gasteiger partial charge < -0.3 is 15.5 Å². The van der Waals surface area contributed by atoms with Crippen molar-refractivity contribution in [1.29, 1.82) is 0 Å². The maximum absolute atomic E-state index is 10.8. The summed E-state index contributed by atoms with van der Waals surface area (Å²) >= 11 is 0. The van der Waals surface area contributed by atoms with Gasteiger partial charge in [0.15, 0.2) is 0 Å². The maximum atomic E-state index is 10.8. The van der Waals surface area contributed by atoms with E-state index in [0.29, 0.717) is 18.7 Å². The molecule has 3 N–H and O–H groups in total. The van der Waals surface area contributed by atoms with Gasteiger partial charge in [0.25, 0.3) is 0 Å². The molecule has 5 nitrogen and oxygen atoms in total. The van der Waals surface area contributed by atoms with E-state index in [2.05, 4.69) is 5.32 Å². The van der Waals surface area contributed by atoms with Gasteiger partial charge >= 0.3 is 11.9 Å². The van der Waals surface area contributed by atoms with Gasteiger partial charge in [-0.15, -0.1) is 0 Å². The number of hydrogen-bond acceptors (Lipinski definition) is 3. The summed E-state index contributed by atoms with van der Waals surface area (Å²) in [4.78, 5) is 21.1. The Hall–Kier alpha value is -2.04. The second-order valence-electron chi connectivity index (χ2n) is 3.27. The molecule has 0 aromatic heterocycles. The summed E-state index contributed by atoms with van der Waals surface area (Å²) in [6.45, 7) is 0.441. The Morgan fingerprint density at radius 1 is 1.19 bits per heavy atom. The second-order valence-corrected chi connectivity index (χ2v) is 3.27. The van der Waals surface area contributed by atoms with Crippen LogP contribution in [0, 0.1) is 0 Å². The van der Waals surface area contributed by atoms with Crippen molar-refractivity contribution in [1.82, 2.24) is 0 Å². The van der Waals surface area contributed by atoms with Crippen molar-refractivity contribution < 1.29 is 19.8 Å². The van der Waals surface area contributed by atoms with Gasteiger partial charge in [0.2, 0.25) is 0 Å². The Bertz CT molecular complexity index is 389. The molecule has 0 aliphatic rings. The molecule has 0 saturated carbocycles. The molecule has 16 heavy (non-hydrogen) atoms. The molecule has 0 heterocycles. The first-order chi connectivity index (χ1) is 7.61. The van der Waals surface area contributed by atoms with Crippen LogP contribution in [0.15, 0.2) is 24.3 Å². The van der Waals surface area contributed by atoms with E-state index in [1.54, 1.807) is 18.2 Å². The van der Waals surface area contributed by atoms with E-state index in [1.165, 1.54) is 6.07 Å². The monoisotopic (exact) mass is 223 g/mol. The topological polar surface area (TPSA) is 86.6 Å². The van der Waals surface area contributed by atoms with E-state index >= 15 is 0 Å². The lowest BCUT2D eigenvalue weighted by Crippen LogP contribution is -2.08. The number of nitrogens with one attached hydrogen (secondary N) is 1. The molecule has 0 fully saturated rings. The zero-order valence-corrected chi connectivity index (χ0v) is 8.64. The predicted octanol–water partition coefficient (Wildman–Crippen LogP) is 1.66. The van der Waals surface area contributed by atoms with Crippen molar-refractivity contribution in [3.05, 3.63) is 29.8 Å². The van der Waals surface area contributed by atoms with E-state index in [4.69, 9.17) is 10.2 Å². The molecule has 5 heteroatoms. The van der Waals surface area contributed by atoms with Gasteiger partial charge in [-0.25, -0.2) is 4.79 Å². The summed E-state index contributed by atoms with van der Waals surface area (Å²) in [7, 11) is 0. The van der Waals surface area contributed by atoms with E-state index in [9.17, 15) is 9.59 Å². The lowest BCUT2D eigenvalue weighted by Gasteiger charge is -2.08. The van der Waals surface area contributed by atoms with Crippen molar-refractivity contribution in [3.8, 4) is 0 Å². The summed E-state index contributed by atoms with van der Waals surface area (Å²) in [5.41, 5.74) is 0.707. The van der Waals surface area contributed by atoms with E-state index in [0.717, 1.165) is 0 Å². The highest BCUT2D eigenvalue weighted by atomic mass is 16.4. The van der Waals surface area contributed by atoms with Gasteiger partial charge in [0, 0.05) is 18.7 Å². The molecule has 86 valence electrons. The molecule has 0 bridgehead atoms. The third kappa shape index (κ3) is 3.61. The van der Waals surface area contributed by atoms with Crippen molar-refractivity contribution in [2.45, 2.75) is 12.8 Å². The number of benzene rings is 1. The first-order valence-electron chi connectivity index (χ1n) is 4.89. The number of anilines is 1. The number of rotatable bonds is 6. The van der Waals surface area contributed by atoms with Crippen LogP contribution in [0.5, 0.6) is 0 Å². The van der Waals surface area contributed by atoms with Crippen molar-refractivity contribution in [2.24, 2.45) is 0 Å². The standard InChI is InChI=1S/C11H13NO4/c13-10(14)6-3-7-12-9-5-2-1-4-8(9)11(15)16/h1-2,4-5,12H,3,6-7H2,(H,13,14)(H,15,16). The van der Waals surface area contributed by atoms with E-state index < -0.39 is 11.9 Å². The number of hydrogen-bond donors (Lipinski definition) is 3. The van der Waals surface area contributed by atoms with Gasteiger partial charge in [0.1, 0.15) is 0 Å². The number of aromatic carboxylic acids is 1. The van der Waals surface area contributed by atoms with Crippen molar-refractivity contribution in [3.63, 3.8) is 0 Å². The van der Waals surface area contributed by atoms with Crippen LogP contribution in [0.2, 0.25) is 0 Å². The number of aliphatic carboxylic acids is 1. The molecule has 0 saturated heterocycles. The number of carboxylic acids is 2. The lowest BCUT2D eigenvalue weighted by molar-refractivity contribution is -0.137. The Morgan fingerprint density at radius 2 is 1.88 bits per heavy atom. The summed E-state index contributed by atoms with van der Waals surface area (Å²) < 4.78 is 0. The third-order valence-corrected chi connectivity index (χ3v) is 2.04. The molecule has 0 radical (unpaired) electrons. The van der Waals surface area contributed by atoms with Crippen LogP contribution >= 0.6 is 0 Å². The Balaban J connectivity index is 2.53. The fraction of sp³-hybridized carbons (Fsp3) is 0.273. The lowest BCUT2D eigenvalue weighted by atomic mass is 10.1. The summed E-state index contributed by atoms with van der Waals surface area (Å²) in [5.74, 6) is -1.85. The first-order valence-corrected chi connectivity index (χ1v) is 4.89. The molecule has 0 atom stereocenters. The van der Waals surface area contributed by atoms with Crippen LogP contribution in [0.1, 0.15) is 23.2 Å². The summed E-state index contributed by atoms with van der Waals surface area (Å²) in [6, 6.07) is 6.53. The molecule has 1 rings (SSSR count). The third-order valence-electron chi connectivity index (χ3n) is 2.04. The Labute approximate surface area is 92.7 Å². The molecule has 0 unspecified atom stereocenters. The summed E-state index contributed by atoms with van der Waals surface area (Å²) in [6.07, 6.45) is 0.533. The zero-order valence-electron chi connectivity index (χ0n) is 8.64. The highest BCUT2D eigenvalue weighted by Gasteiger charge is 2.07. The van der Waals surface area contributed by atoms with E-state index in [1.807, 2.05) is 0 Å². The average Bonchev–Trinajstić information content (AvgIpc) is 2.24. The normalized spacial score (nSPS) is 9.75. The molecule has 0 aliphatic carbocycles. The molecule has 0 aliphatic heterocycles. The van der Waals surface area contributed by atoms with Gasteiger partial charge in [-0.1, -0.05) is 12.1 Å². The number of carboxylic acid groups (broad SMARTS) is 2. The smallest absolute Gasteiger partial charge is 0.337 e. The second kappa shape index (κ2) is 5.75. The van der Waals surface area contributed by atoms with Crippen molar-refractivity contribution >= 4 is 17.6 Å². The molecule has 1 aromatic rings. The Morgan fingerprint density at radius 3 is 2.50 bits per heavy atom. The minimum absolute atomic E-state index is 0.0717. The fourth-order valence-corrected chi connectivity index (χ4v) is 1.29. The average molecular weight is 223 g/mol. The number of carbonyl (C=O) groups is 2. The predicted molar refractivity (Wildman–Crippen MR) is 58.8 cm³/mol. The van der Waals surface area contributed by atoms with Crippen LogP contribution in [0.3, 0.4) is 0 Å². The minimum Gasteiger partial charge on any atom is -0.481 e. The molecule has 0 amide bonds. The summed E-state index contributed by atoms with van der Waals surface area (Å²) in [5, 5.41) is 20.2.